The molecule has 5 nitrogen and oxygen atoms in total. The van der Waals surface area contributed by atoms with Gasteiger partial charge in [-0.05, 0) is 75.4 Å². The molecular formula is C24H21BrN2O3. The van der Waals surface area contributed by atoms with Gasteiger partial charge in [-0.2, -0.15) is 0 Å². The van der Waals surface area contributed by atoms with Crippen LogP contribution in [0.1, 0.15) is 36.7 Å². The Morgan fingerprint density at radius 2 is 1.77 bits per heavy atom. The van der Waals surface area contributed by atoms with Crippen LogP contribution < -0.4 is 5.32 Å². The smallest absolute Gasteiger partial charge is 0.255 e. The normalized spacial score (nSPS) is 11.6. The monoisotopic (exact) mass is 464 g/mol. The second kappa shape index (κ2) is 7.61. The third-order valence-corrected chi connectivity index (χ3v) is 5.49. The number of halogens is 1. The predicted molar refractivity (Wildman–Crippen MR) is 122 cm³/mol. The highest BCUT2D eigenvalue weighted by Gasteiger charge is 2.15. The number of nitrogens with zero attached hydrogens (tertiary/aromatic N) is 1. The Morgan fingerprint density at radius 1 is 1.03 bits per heavy atom. The first kappa shape index (κ1) is 20.2. The van der Waals surface area contributed by atoms with Crippen LogP contribution in [0.3, 0.4) is 0 Å². The number of nitrogens with one attached hydrogen (secondary N) is 1. The molecule has 0 unspecified atom stereocenters. The van der Waals surface area contributed by atoms with Crippen LogP contribution >= 0.6 is 15.9 Å². The fourth-order valence-electron chi connectivity index (χ4n) is 3.09. The fourth-order valence-corrected chi connectivity index (χ4v) is 3.47. The molecule has 0 radical (unpaired) electrons. The standard InChI is InChI=1S/C24H21BrN2O3/c1-24(2,3)16-7-4-14(5-8-16)22(29)26-17-9-11-21-19(13-17)27-23(30-21)15-6-10-20(28)18(25)12-15/h4-13,28H,1-3H3,(H,26,29). The summed E-state index contributed by atoms with van der Waals surface area (Å²) in [4.78, 5) is 17.1. The van der Waals surface area contributed by atoms with Crippen molar-refractivity contribution in [2.45, 2.75) is 26.2 Å². The molecule has 0 spiro atoms. The molecule has 152 valence electrons. The minimum atomic E-state index is -0.180. The van der Waals surface area contributed by atoms with Gasteiger partial charge in [0.25, 0.3) is 5.91 Å². The third kappa shape index (κ3) is 4.09. The number of phenolic OH excluding ortho intramolecular Hbond substituents is 1. The second-order valence-corrected chi connectivity index (χ2v) is 9.00. The Balaban J connectivity index is 1.56. The molecule has 0 fully saturated rings. The summed E-state index contributed by atoms with van der Waals surface area (Å²) in [7, 11) is 0. The number of hydrogen-bond acceptors (Lipinski definition) is 4. The highest BCUT2D eigenvalue weighted by Crippen LogP contribution is 2.31. The molecule has 1 aromatic heterocycles. The number of aromatic nitrogens is 1. The molecule has 3 aromatic carbocycles. The van der Waals surface area contributed by atoms with Gasteiger partial charge in [0.05, 0.1) is 4.47 Å². The van der Waals surface area contributed by atoms with Gasteiger partial charge in [0.15, 0.2) is 5.58 Å². The Hall–Kier alpha value is -3.12. The quantitative estimate of drug-likeness (QED) is 0.362. The average molecular weight is 465 g/mol. The van der Waals surface area contributed by atoms with Gasteiger partial charge in [0.1, 0.15) is 11.3 Å². The molecule has 0 atom stereocenters. The van der Waals surface area contributed by atoms with E-state index < -0.39 is 0 Å². The highest BCUT2D eigenvalue weighted by atomic mass is 79.9. The SMILES string of the molecule is CC(C)(C)c1ccc(C(=O)Nc2ccc3oc(-c4ccc(O)c(Br)c4)nc3c2)cc1. The van der Waals surface area contributed by atoms with Crippen molar-refractivity contribution in [3.05, 3.63) is 76.3 Å². The highest BCUT2D eigenvalue weighted by molar-refractivity contribution is 9.10. The van der Waals surface area contributed by atoms with Crippen molar-refractivity contribution < 1.29 is 14.3 Å². The van der Waals surface area contributed by atoms with Crippen molar-refractivity contribution in [3.8, 4) is 17.2 Å². The minimum absolute atomic E-state index is 0.0395. The lowest BCUT2D eigenvalue weighted by atomic mass is 9.87. The van der Waals surface area contributed by atoms with Crippen LogP contribution in [0, 0.1) is 0 Å². The number of anilines is 1. The largest absolute Gasteiger partial charge is 0.507 e. The molecule has 0 saturated carbocycles. The fraction of sp³-hybridized carbons (Fsp3) is 0.167. The molecule has 4 aromatic rings. The molecule has 4 rings (SSSR count). The maximum absolute atomic E-state index is 12.6. The molecule has 2 N–H and O–H groups in total. The van der Waals surface area contributed by atoms with Gasteiger partial charge in [0, 0.05) is 16.8 Å². The number of phenols is 1. The van der Waals surface area contributed by atoms with Gasteiger partial charge < -0.3 is 14.8 Å². The van der Waals surface area contributed by atoms with Crippen molar-refractivity contribution in [2.75, 3.05) is 5.32 Å². The van der Waals surface area contributed by atoms with Crippen LogP contribution in [0.25, 0.3) is 22.6 Å². The van der Waals surface area contributed by atoms with E-state index in [2.05, 4.69) is 47.0 Å². The van der Waals surface area contributed by atoms with E-state index in [4.69, 9.17) is 4.42 Å². The number of carbonyl (C=O) groups is 1. The van der Waals surface area contributed by atoms with Crippen LogP contribution in [-0.4, -0.2) is 16.0 Å². The molecule has 30 heavy (non-hydrogen) atoms. The summed E-state index contributed by atoms with van der Waals surface area (Å²) in [5.74, 6) is 0.406. The van der Waals surface area contributed by atoms with Crippen molar-refractivity contribution in [1.29, 1.82) is 0 Å². The van der Waals surface area contributed by atoms with E-state index in [9.17, 15) is 9.90 Å². The lowest BCUT2D eigenvalue weighted by Crippen LogP contribution is -2.14. The second-order valence-electron chi connectivity index (χ2n) is 8.15. The summed E-state index contributed by atoms with van der Waals surface area (Å²) in [6, 6.07) is 18.0. The Kier molecular flexibility index (Phi) is 5.12. The lowest BCUT2D eigenvalue weighted by Gasteiger charge is -2.19. The molecule has 1 heterocycles. The zero-order valence-electron chi connectivity index (χ0n) is 16.9. The maximum Gasteiger partial charge on any atom is 0.255 e. The van der Waals surface area contributed by atoms with E-state index >= 15 is 0 Å². The number of aromatic hydroxyl groups is 1. The number of amides is 1. The van der Waals surface area contributed by atoms with Gasteiger partial charge in [-0.15, -0.1) is 0 Å². The van der Waals surface area contributed by atoms with E-state index in [1.165, 1.54) is 5.56 Å². The number of oxazole rings is 1. The molecule has 0 aliphatic carbocycles. The molecule has 0 bridgehead atoms. The Morgan fingerprint density at radius 3 is 2.43 bits per heavy atom. The Labute approximate surface area is 182 Å². The van der Waals surface area contributed by atoms with Crippen molar-refractivity contribution in [2.24, 2.45) is 0 Å². The van der Waals surface area contributed by atoms with Gasteiger partial charge >= 0.3 is 0 Å². The zero-order valence-corrected chi connectivity index (χ0v) is 18.4. The number of carbonyl (C=O) groups excluding carboxylic acids is 1. The number of benzene rings is 3. The average Bonchev–Trinajstić information content (AvgIpc) is 3.13. The summed E-state index contributed by atoms with van der Waals surface area (Å²) >= 11 is 3.30. The van der Waals surface area contributed by atoms with E-state index in [0.29, 0.717) is 32.7 Å². The third-order valence-electron chi connectivity index (χ3n) is 4.85. The number of hydrogen-bond donors (Lipinski definition) is 2. The first-order valence-electron chi connectivity index (χ1n) is 9.52. The van der Waals surface area contributed by atoms with Crippen LogP contribution in [-0.2, 0) is 5.41 Å². The summed E-state index contributed by atoms with van der Waals surface area (Å²) < 4.78 is 6.37. The van der Waals surface area contributed by atoms with Gasteiger partial charge in [-0.3, -0.25) is 4.79 Å². The van der Waals surface area contributed by atoms with Crippen LogP contribution in [0.15, 0.2) is 69.6 Å². The van der Waals surface area contributed by atoms with Crippen molar-refractivity contribution in [3.63, 3.8) is 0 Å². The summed E-state index contributed by atoms with van der Waals surface area (Å²) in [6.45, 7) is 6.42. The number of fused-ring (bicyclic) bond motifs is 1. The van der Waals surface area contributed by atoms with Gasteiger partial charge in [-0.1, -0.05) is 32.9 Å². The van der Waals surface area contributed by atoms with E-state index in [1.807, 2.05) is 24.3 Å². The van der Waals surface area contributed by atoms with Crippen molar-refractivity contribution >= 4 is 38.6 Å². The van der Waals surface area contributed by atoms with E-state index in [0.717, 1.165) is 5.56 Å². The van der Waals surface area contributed by atoms with Crippen molar-refractivity contribution in [1.82, 2.24) is 4.98 Å². The first-order chi connectivity index (χ1) is 14.2. The zero-order chi connectivity index (χ0) is 21.5. The molecule has 0 saturated heterocycles. The lowest BCUT2D eigenvalue weighted by molar-refractivity contribution is 0.102. The summed E-state index contributed by atoms with van der Waals surface area (Å²) in [5, 5.41) is 12.6. The van der Waals surface area contributed by atoms with Crippen LogP contribution in [0.2, 0.25) is 0 Å². The molecule has 0 aliphatic heterocycles. The number of rotatable bonds is 3. The van der Waals surface area contributed by atoms with Crippen LogP contribution in [0.4, 0.5) is 5.69 Å². The molecular weight excluding hydrogens is 444 g/mol. The van der Waals surface area contributed by atoms with Gasteiger partial charge in [-0.25, -0.2) is 4.98 Å². The summed E-state index contributed by atoms with van der Waals surface area (Å²) in [6.07, 6.45) is 0. The topological polar surface area (TPSA) is 75.4 Å². The maximum atomic E-state index is 12.6. The van der Waals surface area contributed by atoms with Gasteiger partial charge in [0.2, 0.25) is 5.89 Å². The summed E-state index contributed by atoms with van der Waals surface area (Å²) in [5.41, 5.74) is 4.43. The predicted octanol–water partition coefficient (Wildman–Crippen LogP) is 6.51. The molecule has 6 heteroatoms. The first-order valence-corrected chi connectivity index (χ1v) is 10.3. The Bertz CT molecular complexity index is 1240. The van der Waals surface area contributed by atoms with E-state index in [-0.39, 0.29) is 17.1 Å². The van der Waals surface area contributed by atoms with E-state index in [1.54, 1.807) is 36.4 Å². The molecule has 1 amide bonds. The van der Waals surface area contributed by atoms with Crippen LogP contribution in [0.5, 0.6) is 5.75 Å². The minimum Gasteiger partial charge on any atom is -0.507 e. The molecule has 0 aliphatic rings.